The van der Waals surface area contributed by atoms with Crippen LogP contribution in [0.2, 0.25) is 0 Å². The molecule has 7 heteroatoms. The third-order valence-electron chi connectivity index (χ3n) is 5.58. The topological polar surface area (TPSA) is 77.9 Å². The predicted molar refractivity (Wildman–Crippen MR) is 90.5 cm³/mol. The molecule has 128 valence electrons. The number of aromatic amines is 1. The lowest BCUT2D eigenvalue weighted by Gasteiger charge is -2.44. The maximum atomic E-state index is 13.6. The van der Waals surface area contributed by atoms with Crippen LogP contribution in [0.1, 0.15) is 31.2 Å². The minimum atomic E-state index is -0.995. The number of hydrogen-bond acceptors (Lipinski definition) is 5. The van der Waals surface area contributed by atoms with Gasteiger partial charge in [-0.1, -0.05) is 12.1 Å². The molecule has 0 aliphatic carbocycles. The number of halogens is 1. The van der Waals surface area contributed by atoms with Crippen molar-refractivity contribution >= 4 is 17.0 Å². The molecule has 1 aromatic carbocycles. The highest BCUT2D eigenvalue weighted by Crippen LogP contribution is 2.47. The fourth-order valence-corrected chi connectivity index (χ4v) is 4.53. The zero-order valence-electron chi connectivity index (χ0n) is 13.6. The Bertz CT molecular complexity index is 928. The largest absolute Gasteiger partial charge is 0.385 e. The molecule has 0 amide bonds. The summed E-state index contributed by atoms with van der Waals surface area (Å²) in [4.78, 5) is 18.3. The van der Waals surface area contributed by atoms with Crippen LogP contribution in [-0.4, -0.2) is 37.1 Å². The standard InChI is InChI=1S/C18H18FN5O/c19-12-3-1-2-11(6-12)18(25)7-13-4-5-14(8-18)24(13)17-15-16(21-9-20-15)22-10-23-17/h1-3,6,9-10,13-14,25H,4-5,7-8H2,(H,20,21,22,23)/t13-,14-/m1/s1. The van der Waals surface area contributed by atoms with Crippen molar-refractivity contribution in [3.63, 3.8) is 0 Å². The van der Waals surface area contributed by atoms with E-state index in [0.29, 0.717) is 24.1 Å². The second kappa shape index (κ2) is 5.23. The number of H-pyrrole nitrogens is 1. The molecule has 6 nitrogen and oxygen atoms in total. The van der Waals surface area contributed by atoms with E-state index in [-0.39, 0.29) is 17.9 Å². The van der Waals surface area contributed by atoms with Gasteiger partial charge in [-0.3, -0.25) is 0 Å². The SMILES string of the molecule is OC1(c2cccc(F)c2)C[C@H]2CC[C@H](C1)N2c1ncnc2nc[nH]c12. The molecular formula is C18H18FN5O. The van der Waals surface area contributed by atoms with Gasteiger partial charge >= 0.3 is 0 Å². The number of nitrogens with zero attached hydrogens (tertiary/aromatic N) is 4. The van der Waals surface area contributed by atoms with Crippen molar-refractivity contribution in [2.45, 2.75) is 43.4 Å². The van der Waals surface area contributed by atoms with E-state index in [4.69, 9.17) is 0 Å². The first-order chi connectivity index (χ1) is 12.1. The van der Waals surface area contributed by atoms with E-state index in [2.05, 4.69) is 24.8 Å². The lowest BCUT2D eigenvalue weighted by Crippen LogP contribution is -2.50. The van der Waals surface area contributed by atoms with Crippen LogP contribution in [0.4, 0.5) is 10.2 Å². The van der Waals surface area contributed by atoms with Crippen molar-refractivity contribution < 1.29 is 9.50 Å². The Balaban J connectivity index is 1.53. The van der Waals surface area contributed by atoms with Crippen LogP contribution in [0.25, 0.3) is 11.2 Å². The number of rotatable bonds is 2. The molecule has 2 aliphatic rings. The van der Waals surface area contributed by atoms with E-state index in [1.807, 2.05) is 6.07 Å². The van der Waals surface area contributed by atoms with Crippen molar-refractivity contribution in [2.75, 3.05) is 4.90 Å². The smallest absolute Gasteiger partial charge is 0.182 e. The van der Waals surface area contributed by atoms with E-state index < -0.39 is 5.60 Å². The van der Waals surface area contributed by atoms with Gasteiger partial charge in [-0.05, 0) is 30.5 Å². The second-order valence-electron chi connectivity index (χ2n) is 7.04. The Morgan fingerprint density at radius 1 is 1.16 bits per heavy atom. The highest BCUT2D eigenvalue weighted by Gasteiger charge is 2.49. The number of imidazole rings is 1. The molecule has 0 spiro atoms. The summed E-state index contributed by atoms with van der Waals surface area (Å²) in [7, 11) is 0. The van der Waals surface area contributed by atoms with Crippen LogP contribution in [0.5, 0.6) is 0 Å². The monoisotopic (exact) mass is 339 g/mol. The fourth-order valence-electron chi connectivity index (χ4n) is 4.53. The molecule has 2 aromatic heterocycles. The van der Waals surface area contributed by atoms with Crippen LogP contribution >= 0.6 is 0 Å². The lowest BCUT2D eigenvalue weighted by molar-refractivity contribution is -0.00339. The molecule has 2 atom stereocenters. The predicted octanol–water partition coefficient (Wildman–Crippen LogP) is 2.51. The van der Waals surface area contributed by atoms with Crippen LogP contribution in [-0.2, 0) is 5.60 Å². The first kappa shape index (κ1) is 14.8. The van der Waals surface area contributed by atoms with Gasteiger partial charge in [-0.25, -0.2) is 19.3 Å². The molecule has 2 fully saturated rings. The quantitative estimate of drug-likeness (QED) is 0.750. The summed E-state index contributed by atoms with van der Waals surface area (Å²) in [5, 5.41) is 11.2. The Labute approximate surface area is 143 Å². The molecule has 4 heterocycles. The third-order valence-corrected chi connectivity index (χ3v) is 5.58. The average Bonchev–Trinajstić information content (AvgIpc) is 3.18. The summed E-state index contributed by atoms with van der Waals surface area (Å²) >= 11 is 0. The van der Waals surface area contributed by atoms with Gasteiger partial charge in [0.05, 0.1) is 11.9 Å². The first-order valence-corrected chi connectivity index (χ1v) is 8.55. The summed E-state index contributed by atoms with van der Waals surface area (Å²) in [5.41, 5.74) is 1.15. The molecule has 25 heavy (non-hydrogen) atoms. The zero-order chi connectivity index (χ0) is 17.0. The fraction of sp³-hybridized carbons (Fsp3) is 0.389. The summed E-state index contributed by atoms with van der Waals surface area (Å²) in [6.45, 7) is 0. The minimum Gasteiger partial charge on any atom is -0.385 e. The van der Waals surface area contributed by atoms with Crippen molar-refractivity contribution in [2.24, 2.45) is 0 Å². The zero-order valence-corrected chi connectivity index (χ0v) is 13.6. The summed E-state index contributed by atoms with van der Waals surface area (Å²) in [6, 6.07) is 6.66. The third kappa shape index (κ3) is 2.22. The van der Waals surface area contributed by atoms with Crippen molar-refractivity contribution in [1.29, 1.82) is 0 Å². The van der Waals surface area contributed by atoms with E-state index in [1.54, 1.807) is 12.4 Å². The maximum absolute atomic E-state index is 13.6. The van der Waals surface area contributed by atoms with Gasteiger partial charge in [0.1, 0.15) is 17.7 Å². The Morgan fingerprint density at radius 2 is 1.96 bits per heavy atom. The van der Waals surface area contributed by atoms with Gasteiger partial charge < -0.3 is 15.0 Å². The average molecular weight is 339 g/mol. The normalized spacial score (nSPS) is 28.6. The van der Waals surface area contributed by atoms with Crippen molar-refractivity contribution in [1.82, 2.24) is 19.9 Å². The highest BCUT2D eigenvalue weighted by atomic mass is 19.1. The number of benzene rings is 1. The van der Waals surface area contributed by atoms with Gasteiger partial charge in [-0.15, -0.1) is 0 Å². The molecule has 2 bridgehead atoms. The number of piperidine rings is 1. The molecule has 3 aromatic rings. The summed E-state index contributed by atoms with van der Waals surface area (Å²) in [5.74, 6) is 0.534. The van der Waals surface area contributed by atoms with E-state index in [1.165, 1.54) is 18.5 Å². The van der Waals surface area contributed by atoms with Gasteiger partial charge in [-0.2, -0.15) is 0 Å². The molecule has 0 saturated carbocycles. The molecule has 0 unspecified atom stereocenters. The maximum Gasteiger partial charge on any atom is 0.182 e. The molecule has 5 rings (SSSR count). The van der Waals surface area contributed by atoms with Crippen LogP contribution in [0.15, 0.2) is 36.9 Å². The van der Waals surface area contributed by atoms with Crippen molar-refractivity contribution in [3.8, 4) is 0 Å². The Hall–Kier alpha value is -2.54. The number of aromatic nitrogens is 4. The molecule has 2 saturated heterocycles. The Morgan fingerprint density at radius 3 is 2.72 bits per heavy atom. The van der Waals surface area contributed by atoms with E-state index in [0.717, 1.165) is 24.2 Å². The summed E-state index contributed by atoms with van der Waals surface area (Å²) in [6.07, 6.45) is 6.26. The number of anilines is 1. The number of fused-ring (bicyclic) bond motifs is 3. The number of nitrogens with one attached hydrogen (secondary N) is 1. The van der Waals surface area contributed by atoms with Crippen molar-refractivity contribution in [3.05, 3.63) is 48.3 Å². The highest BCUT2D eigenvalue weighted by molar-refractivity contribution is 5.83. The first-order valence-electron chi connectivity index (χ1n) is 8.55. The number of aliphatic hydroxyl groups is 1. The van der Waals surface area contributed by atoms with Crippen LogP contribution in [0, 0.1) is 5.82 Å². The molecule has 2 N–H and O–H groups in total. The van der Waals surface area contributed by atoms with Gasteiger partial charge in [0.15, 0.2) is 11.5 Å². The molecule has 0 radical (unpaired) electrons. The molecule has 2 aliphatic heterocycles. The Kier molecular flexibility index (Phi) is 3.09. The lowest BCUT2D eigenvalue weighted by atomic mass is 9.80. The van der Waals surface area contributed by atoms with Crippen LogP contribution in [0.3, 0.4) is 0 Å². The van der Waals surface area contributed by atoms with Gasteiger partial charge in [0, 0.05) is 24.9 Å². The van der Waals surface area contributed by atoms with Crippen LogP contribution < -0.4 is 4.90 Å². The van der Waals surface area contributed by atoms with Gasteiger partial charge in [0.2, 0.25) is 0 Å². The van der Waals surface area contributed by atoms with Gasteiger partial charge in [0.25, 0.3) is 0 Å². The molecular weight excluding hydrogens is 321 g/mol. The second-order valence-corrected chi connectivity index (χ2v) is 7.04. The number of hydrogen-bond donors (Lipinski definition) is 2. The minimum absolute atomic E-state index is 0.161. The summed E-state index contributed by atoms with van der Waals surface area (Å²) < 4.78 is 13.6. The van der Waals surface area contributed by atoms with E-state index >= 15 is 0 Å². The van der Waals surface area contributed by atoms with E-state index in [9.17, 15) is 9.50 Å².